The molecule has 5 heteroatoms. The molecule has 0 saturated carbocycles. The number of carbonyl (C=O) groups excluding carboxylic acids is 2. The van der Waals surface area contributed by atoms with Gasteiger partial charge in [-0.05, 0) is 24.8 Å². The lowest BCUT2D eigenvalue weighted by Gasteiger charge is -2.24. The van der Waals surface area contributed by atoms with Gasteiger partial charge in [0.1, 0.15) is 5.78 Å². The van der Waals surface area contributed by atoms with Gasteiger partial charge < -0.3 is 16.4 Å². The van der Waals surface area contributed by atoms with Crippen LogP contribution in [-0.2, 0) is 16.0 Å². The molecule has 0 aliphatic carbocycles. The first kappa shape index (κ1) is 23.9. The molecular formula is C23H37N3O2. The second-order valence-electron chi connectivity index (χ2n) is 8.08. The highest BCUT2D eigenvalue weighted by molar-refractivity contribution is 5.91. The lowest BCUT2D eigenvalue weighted by atomic mass is 9.85. The summed E-state index contributed by atoms with van der Waals surface area (Å²) in [6, 6.07) is 9.90. The van der Waals surface area contributed by atoms with E-state index in [4.69, 9.17) is 5.73 Å². The summed E-state index contributed by atoms with van der Waals surface area (Å²) in [7, 11) is 0. The molecule has 0 aliphatic heterocycles. The molecule has 0 bridgehead atoms. The Labute approximate surface area is 170 Å². The summed E-state index contributed by atoms with van der Waals surface area (Å²) in [4.78, 5) is 25.8. The van der Waals surface area contributed by atoms with Gasteiger partial charge in [0.05, 0.1) is 11.9 Å². The first-order valence-corrected chi connectivity index (χ1v) is 10.2. The van der Waals surface area contributed by atoms with Crippen molar-refractivity contribution in [3.8, 4) is 0 Å². The van der Waals surface area contributed by atoms with Crippen LogP contribution in [0.1, 0.15) is 52.5 Å². The maximum absolute atomic E-state index is 13.1. The molecule has 2 atom stereocenters. The molecule has 0 fully saturated rings. The second-order valence-corrected chi connectivity index (χ2v) is 8.08. The fourth-order valence-corrected chi connectivity index (χ4v) is 3.32. The third-order valence-electron chi connectivity index (χ3n) is 4.71. The van der Waals surface area contributed by atoms with Crippen LogP contribution in [0.25, 0.3) is 0 Å². The Kier molecular flexibility index (Phi) is 10.5. The van der Waals surface area contributed by atoms with Gasteiger partial charge in [-0.2, -0.15) is 0 Å². The molecule has 0 aromatic heterocycles. The van der Waals surface area contributed by atoms with E-state index >= 15 is 0 Å². The van der Waals surface area contributed by atoms with E-state index in [1.54, 1.807) is 0 Å². The molecule has 0 radical (unpaired) electrons. The van der Waals surface area contributed by atoms with Gasteiger partial charge in [-0.15, -0.1) is 0 Å². The third kappa shape index (κ3) is 9.18. The largest absolute Gasteiger partial charge is 0.386 e. The van der Waals surface area contributed by atoms with Crippen molar-refractivity contribution in [2.75, 3.05) is 6.54 Å². The number of benzene rings is 1. The van der Waals surface area contributed by atoms with E-state index in [1.165, 1.54) is 0 Å². The highest BCUT2D eigenvalue weighted by atomic mass is 16.1. The van der Waals surface area contributed by atoms with Crippen LogP contribution in [0.15, 0.2) is 42.7 Å². The molecule has 4 N–H and O–H groups in total. The van der Waals surface area contributed by atoms with Crippen LogP contribution in [0, 0.1) is 11.8 Å². The maximum Gasteiger partial charge on any atom is 0.150 e. The molecule has 156 valence electrons. The maximum atomic E-state index is 13.1. The highest BCUT2D eigenvalue weighted by Gasteiger charge is 2.28. The lowest BCUT2D eigenvalue weighted by Crippen LogP contribution is -2.43. The van der Waals surface area contributed by atoms with Gasteiger partial charge in [0.15, 0.2) is 5.78 Å². The van der Waals surface area contributed by atoms with Crippen molar-refractivity contribution in [3.63, 3.8) is 0 Å². The van der Waals surface area contributed by atoms with Gasteiger partial charge in [0, 0.05) is 30.8 Å². The minimum absolute atomic E-state index is 0.0825. The Morgan fingerprint density at radius 3 is 2.29 bits per heavy atom. The average Bonchev–Trinajstić information content (AvgIpc) is 2.63. The zero-order chi connectivity index (χ0) is 21.1. The summed E-state index contributed by atoms with van der Waals surface area (Å²) in [5.74, 6) is 0.344. The Morgan fingerprint density at radius 2 is 1.75 bits per heavy atom. The summed E-state index contributed by atoms with van der Waals surface area (Å²) in [5, 5.41) is 6.36. The van der Waals surface area contributed by atoms with Gasteiger partial charge in [0.25, 0.3) is 0 Å². The summed E-state index contributed by atoms with van der Waals surface area (Å²) in [6.07, 6.45) is 2.35. The number of carbonyl (C=O) groups is 2. The first-order valence-electron chi connectivity index (χ1n) is 10.2. The standard InChI is InChI=1S/C23H37N3O2/c1-16(2)23(28)20(12-9-13-25-18(5)24)15-22(27)21(26-17(3)4)14-19-10-7-6-8-11-19/h6-8,10-11,16-17,20-21,25-26H,5,9,12-15,24H2,1-4H3/t20-,21+/m1/s1. The number of hydrogen-bond donors (Lipinski definition) is 3. The van der Waals surface area contributed by atoms with Crippen molar-refractivity contribution in [2.24, 2.45) is 17.6 Å². The predicted octanol–water partition coefficient (Wildman–Crippen LogP) is 3.20. The van der Waals surface area contributed by atoms with Crippen molar-refractivity contribution in [1.29, 1.82) is 0 Å². The molecule has 1 rings (SSSR count). The van der Waals surface area contributed by atoms with E-state index in [0.29, 0.717) is 25.2 Å². The van der Waals surface area contributed by atoms with E-state index in [2.05, 4.69) is 17.2 Å². The van der Waals surface area contributed by atoms with Crippen LogP contribution in [0.4, 0.5) is 0 Å². The Morgan fingerprint density at radius 1 is 1.11 bits per heavy atom. The van der Waals surface area contributed by atoms with E-state index in [1.807, 2.05) is 58.0 Å². The minimum Gasteiger partial charge on any atom is -0.386 e. The number of nitrogens with one attached hydrogen (secondary N) is 2. The molecule has 1 aromatic carbocycles. The van der Waals surface area contributed by atoms with Crippen molar-refractivity contribution in [3.05, 3.63) is 48.3 Å². The van der Waals surface area contributed by atoms with Gasteiger partial charge in [-0.25, -0.2) is 0 Å². The molecule has 1 aromatic rings. The summed E-state index contributed by atoms with van der Waals surface area (Å²) >= 11 is 0. The number of ketones is 2. The van der Waals surface area contributed by atoms with E-state index in [9.17, 15) is 9.59 Å². The Balaban J connectivity index is 2.81. The molecule has 5 nitrogen and oxygen atoms in total. The number of nitrogens with two attached hydrogens (primary N) is 1. The molecular weight excluding hydrogens is 350 g/mol. The van der Waals surface area contributed by atoms with Crippen molar-refractivity contribution < 1.29 is 9.59 Å². The SMILES string of the molecule is C=C(N)NCCC[C@H](CC(=O)[C@H](Cc1ccccc1)NC(C)C)C(=O)C(C)C. The molecule has 28 heavy (non-hydrogen) atoms. The van der Waals surface area contributed by atoms with Crippen LogP contribution < -0.4 is 16.4 Å². The third-order valence-corrected chi connectivity index (χ3v) is 4.71. The molecule has 0 amide bonds. The molecule has 0 unspecified atom stereocenters. The van der Waals surface area contributed by atoms with Crippen LogP contribution in [0.2, 0.25) is 0 Å². The van der Waals surface area contributed by atoms with Gasteiger partial charge >= 0.3 is 0 Å². The monoisotopic (exact) mass is 387 g/mol. The van der Waals surface area contributed by atoms with E-state index in [0.717, 1.165) is 12.0 Å². The summed E-state index contributed by atoms with van der Waals surface area (Å²) < 4.78 is 0. The van der Waals surface area contributed by atoms with Crippen LogP contribution in [0.3, 0.4) is 0 Å². The zero-order valence-corrected chi connectivity index (χ0v) is 17.8. The summed E-state index contributed by atoms with van der Waals surface area (Å²) in [6.45, 7) is 12.1. The Hall–Kier alpha value is -2.14. The first-order chi connectivity index (χ1) is 13.2. The minimum atomic E-state index is -0.285. The lowest BCUT2D eigenvalue weighted by molar-refractivity contribution is -0.131. The van der Waals surface area contributed by atoms with Crippen LogP contribution in [0.5, 0.6) is 0 Å². The van der Waals surface area contributed by atoms with Crippen molar-refractivity contribution in [1.82, 2.24) is 10.6 Å². The highest BCUT2D eigenvalue weighted by Crippen LogP contribution is 2.20. The molecule has 0 saturated heterocycles. The van der Waals surface area contributed by atoms with Crippen molar-refractivity contribution >= 4 is 11.6 Å². The summed E-state index contributed by atoms with van der Waals surface area (Å²) in [5.41, 5.74) is 6.64. The van der Waals surface area contributed by atoms with Crippen molar-refractivity contribution in [2.45, 2.75) is 65.5 Å². The topological polar surface area (TPSA) is 84.2 Å². The smallest absolute Gasteiger partial charge is 0.150 e. The van der Waals surface area contributed by atoms with Gasteiger partial charge in [-0.3, -0.25) is 9.59 Å². The second kappa shape index (κ2) is 12.3. The quantitative estimate of drug-likeness (QED) is 0.427. The fourth-order valence-electron chi connectivity index (χ4n) is 3.32. The van der Waals surface area contributed by atoms with Gasteiger partial charge in [0.2, 0.25) is 0 Å². The molecule has 0 spiro atoms. The number of rotatable bonds is 14. The number of hydrogen-bond acceptors (Lipinski definition) is 5. The molecule has 0 heterocycles. The molecule has 0 aliphatic rings. The normalized spacial score (nSPS) is 13.4. The number of Topliss-reactive ketones (excluding diaryl/α,β-unsaturated/α-hetero) is 2. The average molecular weight is 388 g/mol. The van der Waals surface area contributed by atoms with E-state index < -0.39 is 0 Å². The fraction of sp³-hybridized carbons (Fsp3) is 0.565. The predicted molar refractivity (Wildman–Crippen MR) is 116 cm³/mol. The van der Waals surface area contributed by atoms with Gasteiger partial charge in [-0.1, -0.05) is 64.6 Å². The zero-order valence-electron chi connectivity index (χ0n) is 17.8. The Bertz CT molecular complexity index is 626. The van der Waals surface area contributed by atoms with Crippen LogP contribution >= 0.6 is 0 Å². The van der Waals surface area contributed by atoms with Crippen LogP contribution in [-0.4, -0.2) is 30.2 Å². The van der Waals surface area contributed by atoms with E-state index in [-0.39, 0.29) is 41.9 Å².